The normalized spacial score (nSPS) is 12.2. The number of nitrogens with zero attached hydrogens (tertiary/aromatic N) is 1. The second-order valence-electron chi connectivity index (χ2n) is 4.50. The Morgan fingerprint density at radius 1 is 1.05 bits per heavy atom. The van der Waals surface area contributed by atoms with Gasteiger partial charge in [-0.25, -0.2) is 4.21 Å². The van der Waals surface area contributed by atoms with Crippen molar-refractivity contribution >= 4 is 22.0 Å². The summed E-state index contributed by atoms with van der Waals surface area (Å²) in [5, 5.41) is 1.06. The zero-order chi connectivity index (χ0) is 14.7. The van der Waals surface area contributed by atoms with Gasteiger partial charge in [0.2, 0.25) is 0 Å². The maximum absolute atomic E-state index is 10.9. The van der Waals surface area contributed by atoms with Crippen LogP contribution in [0.2, 0.25) is 0 Å². The number of benzene rings is 2. The van der Waals surface area contributed by atoms with Crippen LogP contribution in [-0.4, -0.2) is 13.7 Å². The molecule has 1 N–H and O–H groups in total. The van der Waals surface area contributed by atoms with Gasteiger partial charge < -0.3 is 9.29 Å². The molecule has 0 amide bonds. The lowest BCUT2D eigenvalue weighted by Gasteiger charge is -2.09. The molecular formula is C16H13NO3S. The van der Waals surface area contributed by atoms with E-state index in [4.69, 9.17) is 9.29 Å². The molecule has 0 spiro atoms. The van der Waals surface area contributed by atoms with Crippen LogP contribution in [0.1, 0.15) is 5.56 Å². The van der Waals surface area contributed by atoms with E-state index in [0.717, 1.165) is 16.5 Å². The summed E-state index contributed by atoms with van der Waals surface area (Å²) in [5.41, 5.74) is 1.99. The highest BCUT2D eigenvalue weighted by atomic mass is 32.2. The Kier molecular flexibility index (Phi) is 3.94. The van der Waals surface area contributed by atoms with E-state index in [1.807, 2.05) is 30.3 Å². The van der Waals surface area contributed by atoms with Gasteiger partial charge >= 0.3 is 0 Å². The summed E-state index contributed by atoms with van der Waals surface area (Å²) < 4.78 is 25.6. The third-order valence-electron chi connectivity index (χ3n) is 3.16. The number of ether oxygens (including phenoxy) is 1. The predicted molar refractivity (Wildman–Crippen MR) is 81.6 cm³/mol. The van der Waals surface area contributed by atoms with E-state index in [1.165, 1.54) is 0 Å². The van der Waals surface area contributed by atoms with Crippen molar-refractivity contribution in [3.8, 4) is 5.75 Å². The highest BCUT2D eigenvalue weighted by Crippen LogP contribution is 2.20. The van der Waals surface area contributed by atoms with Crippen LogP contribution in [0.5, 0.6) is 5.75 Å². The summed E-state index contributed by atoms with van der Waals surface area (Å²) >= 11 is -1.96. The Morgan fingerprint density at radius 3 is 2.57 bits per heavy atom. The largest absolute Gasteiger partial charge is 0.489 e. The molecule has 106 valence electrons. The van der Waals surface area contributed by atoms with Crippen LogP contribution in [0.25, 0.3) is 10.9 Å². The fraction of sp³-hybridized carbons (Fsp3) is 0.0625. The van der Waals surface area contributed by atoms with E-state index < -0.39 is 11.1 Å². The van der Waals surface area contributed by atoms with Crippen molar-refractivity contribution in [1.29, 1.82) is 0 Å². The molecule has 0 saturated carbocycles. The Balaban J connectivity index is 1.79. The molecule has 0 fully saturated rings. The minimum Gasteiger partial charge on any atom is -0.489 e. The molecule has 0 aliphatic heterocycles. The van der Waals surface area contributed by atoms with Crippen LogP contribution in [0.3, 0.4) is 0 Å². The van der Waals surface area contributed by atoms with Gasteiger partial charge in [0.1, 0.15) is 12.4 Å². The van der Waals surface area contributed by atoms with Crippen molar-refractivity contribution in [2.75, 3.05) is 0 Å². The molecule has 1 aromatic heterocycles. The van der Waals surface area contributed by atoms with Gasteiger partial charge in [0.25, 0.3) is 0 Å². The second kappa shape index (κ2) is 6.03. The zero-order valence-corrected chi connectivity index (χ0v) is 11.9. The number of aromatic nitrogens is 1. The lowest BCUT2D eigenvalue weighted by Crippen LogP contribution is -1.97. The van der Waals surface area contributed by atoms with Crippen LogP contribution >= 0.6 is 0 Å². The summed E-state index contributed by atoms with van der Waals surface area (Å²) in [5.74, 6) is 0.657. The Hall–Kier alpha value is -2.24. The van der Waals surface area contributed by atoms with Crippen molar-refractivity contribution in [3.63, 3.8) is 0 Å². The molecule has 2 aromatic carbocycles. The van der Waals surface area contributed by atoms with Gasteiger partial charge in [-0.05, 0) is 36.4 Å². The average molecular weight is 299 g/mol. The van der Waals surface area contributed by atoms with Crippen molar-refractivity contribution < 1.29 is 13.5 Å². The van der Waals surface area contributed by atoms with Crippen molar-refractivity contribution in [3.05, 3.63) is 66.4 Å². The lowest BCUT2D eigenvalue weighted by molar-refractivity contribution is 0.307. The van der Waals surface area contributed by atoms with Gasteiger partial charge in [-0.15, -0.1) is 0 Å². The second-order valence-corrected chi connectivity index (χ2v) is 5.47. The molecule has 0 aliphatic rings. The number of hydrogen-bond acceptors (Lipinski definition) is 3. The molecular weight excluding hydrogens is 286 g/mol. The molecule has 1 heterocycles. The first-order valence-corrected chi connectivity index (χ1v) is 7.51. The smallest absolute Gasteiger partial charge is 0.186 e. The number of fused-ring (bicyclic) bond motifs is 1. The Morgan fingerprint density at radius 2 is 1.81 bits per heavy atom. The van der Waals surface area contributed by atoms with Crippen LogP contribution in [0.15, 0.2) is 65.7 Å². The molecule has 1 atom stereocenters. The lowest BCUT2D eigenvalue weighted by atomic mass is 10.1. The quantitative estimate of drug-likeness (QED) is 0.750. The standard InChI is InChI=1S/C16H13NO3S/c18-21(19)14-7-5-13(6-8-14)20-11-12-9-10-17-16-4-2-1-3-15(12)16/h1-10H,11H2,(H,18,19). The monoisotopic (exact) mass is 299 g/mol. The van der Waals surface area contributed by atoms with E-state index in [9.17, 15) is 4.21 Å². The van der Waals surface area contributed by atoms with Crippen LogP contribution < -0.4 is 4.74 Å². The van der Waals surface area contributed by atoms with Gasteiger partial charge in [-0.2, -0.15) is 0 Å². The summed E-state index contributed by atoms with van der Waals surface area (Å²) in [7, 11) is 0. The third-order valence-corrected chi connectivity index (χ3v) is 3.83. The van der Waals surface area contributed by atoms with Crippen LogP contribution in [0, 0.1) is 0 Å². The van der Waals surface area contributed by atoms with Crippen molar-refractivity contribution in [2.45, 2.75) is 11.5 Å². The number of para-hydroxylation sites is 1. The Bertz CT molecular complexity index is 782. The van der Waals surface area contributed by atoms with E-state index in [1.54, 1.807) is 30.5 Å². The Labute approximate surface area is 124 Å². The highest BCUT2D eigenvalue weighted by Gasteiger charge is 2.03. The summed E-state index contributed by atoms with van der Waals surface area (Å²) in [6.45, 7) is 0.421. The zero-order valence-electron chi connectivity index (χ0n) is 11.1. The van der Waals surface area contributed by atoms with E-state index in [0.29, 0.717) is 17.3 Å². The van der Waals surface area contributed by atoms with E-state index in [2.05, 4.69) is 4.98 Å². The van der Waals surface area contributed by atoms with Crippen LogP contribution in [-0.2, 0) is 17.7 Å². The van der Waals surface area contributed by atoms with Gasteiger partial charge in [-0.3, -0.25) is 4.98 Å². The first kappa shape index (κ1) is 13.7. The molecule has 4 nitrogen and oxygen atoms in total. The topological polar surface area (TPSA) is 59.4 Å². The maximum Gasteiger partial charge on any atom is 0.186 e. The minimum absolute atomic E-state index is 0.358. The number of rotatable bonds is 4. The molecule has 5 heteroatoms. The van der Waals surface area contributed by atoms with Gasteiger partial charge in [0, 0.05) is 17.1 Å². The minimum atomic E-state index is -1.96. The first-order chi connectivity index (χ1) is 10.2. The SMILES string of the molecule is O=S(O)c1ccc(OCc2ccnc3ccccc23)cc1. The molecule has 3 rings (SSSR count). The summed E-state index contributed by atoms with van der Waals surface area (Å²) in [4.78, 5) is 4.67. The van der Waals surface area contributed by atoms with Gasteiger partial charge in [-0.1, -0.05) is 18.2 Å². The van der Waals surface area contributed by atoms with Gasteiger partial charge in [0.05, 0.1) is 10.4 Å². The molecule has 0 saturated heterocycles. The van der Waals surface area contributed by atoms with E-state index >= 15 is 0 Å². The first-order valence-electron chi connectivity index (χ1n) is 6.40. The maximum atomic E-state index is 10.9. The summed E-state index contributed by atoms with van der Waals surface area (Å²) in [6.07, 6.45) is 1.76. The average Bonchev–Trinajstić information content (AvgIpc) is 2.53. The molecule has 0 radical (unpaired) electrons. The molecule has 1 unspecified atom stereocenters. The predicted octanol–water partition coefficient (Wildman–Crippen LogP) is 3.39. The number of pyridine rings is 1. The highest BCUT2D eigenvalue weighted by molar-refractivity contribution is 7.79. The van der Waals surface area contributed by atoms with E-state index in [-0.39, 0.29) is 0 Å². The molecule has 0 bridgehead atoms. The molecule has 21 heavy (non-hydrogen) atoms. The molecule has 3 aromatic rings. The van der Waals surface area contributed by atoms with Crippen molar-refractivity contribution in [1.82, 2.24) is 4.98 Å². The fourth-order valence-electron chi connectivity index (χ4n) is 2.09. The van der Waals surface area contributed by atoms with Gasteiger partial charge in [0.15, 0.2) is 11.1 Å². The number of hydrogen-bond donors (Lipinski definition) is 1. The fourth-order valence-corrected chi connectivity index (χ4v) is 2.46. The third kappa shape index (κ3) is 3.09. The van der Waals surface area contributed by atoms with Crippen LogP contribution in [0.4, 0.5) is 0 Å². The molecule has 0 aliphatic carbocycles. The van der Waals surface area contributed by atoms with Crippen molar-refractivity contribution in [2.24, 2.45) is 0 Å². The summed E-state index contributed by atoms with van der Waals surface area (Å²) in [6, 6.07) is 16.4.